The molecule has 1 aromatic rings. The zero-order valence-electron chi connectivity index (χ0n) is 6.92. The first kappa shape index (κ1) is 8.73. The third-order valence-corrected chi connectivity index (χ3v) is 1.41. The van der Waals surface area contributed by atoms with Crippen LogP contribution in [0.5, 0.6) is 0 Å². The van der Waals surface area contributed by atoms with E-state index >= 15 is 0 Å². The van der Waals surface area contributed by atoms with E-state index in [1.165, 1.54) is 0 Å². The van der Waals surface area contributed by atoms with Crippen molar-refractivity contribution in [3.05, 3.63) is 18.2 Å². The molecule has 1 rings (SSSR count). The normalized spacial score (nSPS) is 9.75. The van der Waals surface area contributed by atoms with E-state index in [9.17, 15) is 4.79 Å². The minimum absolute atomic E-state index is 0.0263. The molecule has 3 N–H and O–H groups in total. The van der Waals surface area contributed by atoms with Gasteiger partial charge in [0.1, 0.15) is 5.82 Å². The van der Waals surface area contributed by atoms with Crippen molar-refractivity contribution in [1.29, 1.82) is 0 Å². The van der Waals surface area contributed by atoms with Crippen molar-refractivity contribution in [2.75, 3.05) is 13.6 Å². The van der Waals surface area contributed by atoms with Gasteiger partial charge in [-0.25, -0.2) is 4.98 Å². The van der Waals surface area contributed by atoms with Gasteiger partial charge < -0.3 is 15.6 Å². The molecule has 0 radical (unpaired) electrons. The van der Waals surface area contributed by atoms with Gasteiger partial charge in [-0.15, -0.1) is 0 Å². The predicted molar refractivity (Wildman–Crippen MR) is 44.4 cm³/mol. The number of H-pyrrole nitrogens is 1. The second kappa shape index (κ2) is 4.50. The summed E-state index contributed by atoms with van der Waals surface area (Å²) in [4.78, 5) is 17.6. The Bertz CT molecular complexity index is 232. The lowest BCUT2D eigenvalue weighted by molar-refractivity contribution is -0.119. The minimum atomic E-state index is -0.0263. The highest BCUT2D eigenvalue weighted by Crippen LogP contribution is 1.85. The molecule has 1 aromatic heterocycles. The van der Waals surface area contributed by atoms with E-state index in [0.29, 0.717) is 13.1 Å². The van der Waals surface area contributed by atoms with E-state index in [1.54, 1.807) is 19.4 Å². The predicted octanol–water partition coefficient (Wildman–Crippen LogP) is -0.755. The number of hydrogen-bond donors (Lipinski definition) is 3. The fraction of sp³-hybridized carbons (Fsp3) is 0.429. The van der Waals surface area contributed by atoms with Gasteiger partial charge in [-0.3, -0.25) is 4.79 Å². The van der Waals surface area contributed by atoms with Crippen molar-refractivity contribution in [2.45, 2.75) is 6.54 Å². The second-order valence-corrected chi connectivity index (χ2v) is 2.31. The number of aromatic amines is 1. The van der Waals surface area contributed by atoms with Crippen LogP contribution in [0.15, 0.2) is 12.4 Å². The zero-order chi connectivity index (χ0) is 8.81. The number of amides is 1. The third kappa shape index (κ3) is 2.71. The number of nitrogens with zero attached hydrogens (tertiary/aromatic N) is 1. The smallest absolute Gasteiger partial charge is 0.233 e. The van der Waals surface area contributed by atoms with Crippen LogP contribution in [0.25, 0.3) is 0 Å². The van der Waals surface area contributed by atoms with Crippen LogP contribution in [-0.4, -0.2) is 29.5 Å². The lowest BCUT2D eigenvalue weighted by Crippen LogP contribution is -2.31. The monoisotopic (exact) mass is 168 g/mol. The Labute approximate surface area is 70.6 Å². The molecular formula is C7H12N4O. The van der Waals surface area contributed by atoms with Gasteiger partial charge in [0.05, 0.1) is 13.1 Å². The average Bonchev–Trinajstić information content (AvgIpc) is 2.57. The minimum Gasteiger partial charge on any atom is -0.358 e. The Balaban J connectivity index is 2.15. The molecule has 0 aliphatic rings. The van der Waals surface area contributed by atoms with E-state index < -0.39 is 0 Å². The maximum Gasteiger partial charge on any atom is 0.233 e. The molecule has 1 amide bonds. The summed E-state index contributed by atoms with van der Waals surface area (Å²) in [6.45, 7) is 0.900. The van der Waals surface area contributed by atoms with E-state index in [-0.39, 0.29) is 5.91 Å². The van der Waals surface area contributed by atoms with E-state index in [0.717, 1.165) is 5.82 Å². The lowest BCUT2D eigenvalue weighted by Gasteiger charge is -2.00. The number of likely N-dealkylation sites (N-methyl/N-ethyl adjacent to an activating group) is 1. The number of aromatic nitrogens is 2. The average molecular weight is 168 g/mol. The molecule has 0 aliphatic carbocycles. The number of carbonyl (C=O) groups is 1. The van der Waals surface area contributed by atoms with Gasteiger partial charge in [0.15, 0.2) is 0 Å². The van der Waals surface area contributed by atoms with Crippen molar-refractivity contribution in [2.24, 2.45) is 0 Å². The summed E-state index contributed by atoms with van der Waals surface area (Å²) in [6.07, 6.45) is 3.42. The van der Waals surface area contributed by atoms with Gasteiger partial charge in [-0.05, 0) is 0 Å². The maximum absolute atomic E-state index is 10.7. The first-order chi connectivity index (χ1) is 5.83. The molecule has 0 saturated heterocycles. The molecular weight excluding hydrogens is 156 g/mol. The first-order valence-corrected chi connectivity index (χ1v) is 3.72. The van der Waals surface area contributed by atoms with E-state index in [2.05, 4.69) is 20.6 Å². The largest absolute Gasteiger partial charge is 0.358 e. The summed E-state index contributed by atoms with van der Waals surface area (Å²) in [5.74, 6) is 0.806. The van der Waals surface area contributed by atoms with Crippen LogP contribution in [-0.2, 0) is 11.3 Å². The summed E-state index contributed by atoms with van der Waals surface area (Å²) >= 11 is 0. The van der Waals surface area contributed by atoms with Gasteiger partial charge in [-0.2, -0.15) is 0 Å². The van der Waals surface area contributed by atoms with Crippen LogP contribution in [0.1, 0.15) is 5.82 Å². The first-order valence-electron chi connectivity index (χ1n) is 3.72. The highest BCUT2D eigenvalue weighted by atomic mass is 16.1. The Hall–Kier alpha value is -1.36. The molecule has 12 heavy (non-hydrogen) atoms. The molecule has 0 aliphatic heterocycles. The van der Waals surface area contributed by atoms with Gasteiger partial charge >= 0.3 is 0 Å². The summed E-state index contributed by atoms with van der Waals surface area (Å²) in [7, 11) is 1.61. The molecule has 5 heteroatoms. The summed E-state index contributed by atoms with van der Waals surface area (Å²) in [5.41, 5.74) is 0. The Morgan fingerprint density at radius 2 is 2.58 bits per heavy atom. The molecule has 1 heterocycles. The molecule has 0 spiro atoms. The van der Waals surface area contributed by atoms with Crippen LogP contribution in [0.4, 0.5) is 0 Å². The molecule has 5 nitrogen and oxygen atoms in total. The molecule has 0 saturated carbocycles. The van der Waals surface area contributed by atoms with Crippen LogP contribution in [0.3, 0.4) is 0 Å². The van der Waals surface area contributed by atoms with Crippen LogP contribution < -0.4 is 10.6 Å². The van der Waals surface area contributed by atoms with Crippen molar-refractivity contribution in [3.8, 4) is 0 Å². The summed E-state index contributed by atoms with van der Waals surface area (Å²) < 4.78 is 0. The van der Waals surface area contributed by atoms with Gasteiger partial charge in [0, 0.05) is 19.4 Å². The van der Waals surface area contributed by atoms with E-state index in [1.807, 2.05) is 0 Å². The van der Waals surface area contributed by atoms with Crippen molar-refractivity contribution < 1.29 is 4.79 Å². The molecule has 0 fully saturated rings. The Morgan fingerprint density at radius 3 is 3.17 bits per heavy atom. The van der Waals surface area contributed by atoms with Gasteiger partial charge in [-0.1, -0.05) is 0 Å². The van der Waals surface area contributed by atoms with E-state index in [4.69, 9.17) is 0 Å². The van der Waals surface area contributed by atoms with Crippen molar-refractivity contribution >= 4 is 5.91 Å². The topological polar surface area (TPSA) is 69.8 Å². The standard InChI is InChI=1S/C7H12N4O/c1-8-7(12)5-9-4-6-10-2-3-11-6/h2-3,9H,4-5H2,1H3,(H,8,12)(H,10,11). The molecule has 0 atom stereocenters. The highest BCUT2D eigenvalue weighted by molar-refractivity contribution is 5.77. The van der Waals surface area contributed by atoms with Crippen LogP contribution in [0, 0.1) is 0 Å². The maximum atomic E-state index is 10.7. The molecule has 0 bridgehead atoms. The summed E-state index contributed by atoms with van der Waals surface area (Å²) in [5, 5.41) is 5.45. The zero-order valence-corrected chi connectivity index (χ0v) is 6.92. The fourth-order valence-corrected chi connectivity index (χ4v) is 0.777. The SMILES string of the molecule is CNC(=O)CNCc1ncc[nH]1. The van der Waals surface area contributed by atoms with Crippen LogP contribution in [0.2, 0.25) is 0 Å². The summed E-state index contributed by atoms with van der Waals surface area (Å²) in [6, 6.07) is 0. The number of carbonyl (C=O) groups excluding carboxylic acids is 1. The number of rotatable bonds is 4. The molecule has 0 aromatic carbocycles. The van der Waals surface area contributed by atoms with Gasteiger partial charge in [0.25, 0.3) is 0 Å². The lowest BCUT2D eigenvalue weighted by atomic mass is 10.5. The quantitative estimate of drug-likeness (QED) is 0.553. The number of nitrogens with one attached hydrogen (secondary N) is 3. The van der Waals surface area contributed by atoms with Gasteiger partial charge in [0.2, 0.25) is 5.91 Å². The van der Waals surface area contributed by atoms with Crippen molar-refractivity contribution in [1.82, 2.24) is 20.6 Å². The molecule has 66 valence electrons. The van der Waals surface area contributed by atoms with Crippen molar-refractivity contribution in [3.63, 3.8) is 0 Å². The Kier molecular flexibility index (Phi) is 3.28. The third-order valence-electron chi connectivity index (χ3n) is 1.41. The number of imidazole rings is 1. The fourth-order valence-electron chi connectivity index (χ4n) is 0.777. The second-order valence-electron chi connectivity index (χ2n) is 2.31. The van der Waals surface area contributed by atoms with Crippen LogP contribution >= 0.6 is 0 Å². The molecule has 0 unspecified atom stereocenters. The number of hydrogen-bond acceptors (Lipinski definition) is 3. The Morgan fingerprint density at radius 1 is 1.75 bits per heavy atom. The highest BCUT2D eigenvalue weighted by Gasteiger charge is 1.97.